The molecule has 1 aromatic heterocycles. The first-order valence-corrected chi connectivity index (χ1v) is 11.4. The summed E-state index contributed by atoms with van der Waals surface area (Å²) >= 11 is 0. The van der Waals surface area contributed by atoms with Gasteiger partial charge >= 0.3 is 6.18 Å². The minimum atomic E-state index is -4.85. The second-order valence-corrected chi connectivity index (χ2v) is 9.60. The molecule has 0 aliphatic carbocycles. The number of rotatable bonds is 3. The molecular weight excluding hydrogens is 450 g/mol. The number of halogens is 4. The van der Waals surface area contributed by atoms with Gasteiger partial charge in [-0.05, 0) is 17.5 Å². The fourth-order valence-electron chi connectivity index (χ4n) is 3.52. The zero-order valence-corrected chi connectivity index (χ0v) is 17.3. The van der Waals surface area contributed by atoms with Crippen molar-refractivity contribution in [3.05, 3.63) is 65.6 Å². The van der Waals surface area contributed by atoms with E-state index in [1.165, 1.54) is 11.1 Å². The highest BCUT2D eigenvalue weighted by Gasteiger charge is 2.35. The third-order valence-corrected chi connectivity index (χ3v) is 6.82. The van der Waals surface area contributed by atoms with Gasteiger partial charge < -0.3 is 10.2 Å². The molecule has 2 aromatic carbocycles. The summed E-state index contributed by atoms with van der Waals surface area (Å²) in [6.45, 7) is 0.121. The van der Waals surface area contributed by atoms with E-state index in [9.17, 15) is 30.8 Å². The predicted octanol–water partition coefficient (Wildman–Crippen LogP) is 4.01. The largest absolute Gasteiger partial charge is 0.419 e. The number of alkyl halides is 3. The lowest BCUT2D eigenvalue weighted by atomic mass is 10.1. The van der Waals surface area contributed by atoms with E-state index in [1.807, 2.05) is 0 Å². The van der Waals surface area contributed by atoms with Gasteiger partial charge in [0.2, 0.25) is 0 Å². The van der Waals surface area contributed by atoms with Crippen LogP contribution >= 0.6 is 0 Å². The predicted molar refractivity (Wildman–Crippen MR) is 111 cm³/mol. The van der Waals surface area contributed by atoms with Crippen LogP contribution in [0.4, 0.5) is 29.1 Å². The molecule has 0 saturated carbocycles. The van der Waals surface area contributed by atoms with Gasteiger partial charge in [-0.2, -0.15) is 13.2 Å². The fraction of sp³-hybridized carbons (Fsp3) is 0.238. The van der Waals surface area contributed by atoms with E-state index in [1.54, 1.807) is 24.3 Å². The Morgan fingerprint density at radius 3 is 2.31 bits per heavy atom. The van der Waals surface area contributed by atoms with Crippen LogP contribution in [-0.2, 0) is 16.0 Å². The molecule has 3 aromatic rings. The van der Waals surface area contributed by atoms with E-state index >= 15 is 0 Å². The summed E-state index contributed by atoms with van der Waals surface area (Å²) in [5.41, 5.74) is -1.59. The number of nitrogens with one attached hydrogen (secondary N) is 1. The van der Waals surface area contributed by atoms with Gasteiger partial charge in [0.1, 0.15) is 5.82 Å². The number of hydrogen-bond acceptors (Lipinski definition) is 5. The highest BCUT2D eigenvalue weighted by molar-refractivity contribution is 7.91. The number of sulfone groups is 1. The zero-order valence-electron chi connectivity index (χ0n) is 16.5. The van der Waals surface area contributed by atoms with Gasteiger partial charge in [0, 0.05) is 24.7 Å². The van der Waals surface area contributed by atoms with Gasteiger partial charge in [-0.1, -0.05) is 30.3 Å². The highest BCUT2D eigenvalue weighted by atomic mass is 32.2. The third-order valence-electron chi connectivity index (χ3n) is 5.21. The van der Waals surface area contributed by atoms with Crippen molar-refractivity contribution in [2.75, 3.05) is 29.9 Å². The molecule has 168 valence electrons. The van der Waals surface area contributed by atoms with E-state index < -0.39 is 39.0 Å². The molecule has 1 aliphatic rings. The second-order valence-electron chi connectivity index (χ2n) is 7.30. The lowest BCUT2D eigenvalue weighted by Crippen LogP contribution is -2.43. The Morgan fingerprint density at radius 1 is 1.00 bits per heavy atom. The number of benzene rings is 2. The molecule has 11 heteroatoms. The number of anilines is 2. The third kappa shape index (κ3) is 4.24. The standard InChI is InChI=1S/C21H17F4N3O3S/c22-18-16(21(23,24)25)6-3-7-17(18)27-19-14-5-2-1-4-13(14)15(12-26-19)20(29)28-8-10-32(30,31)11-9-28/h1-7,12H,8-11H2,(H,26,27). The number of aromatic nitrogens is 1. The molecule has 32 heavy (non-hydrogen) atoms. The normalized spacial score (nSPS) is 16.2. The molecule has 2 heterocycles. The quantitative estimate of drug-likeness (QED) is 0.589. The topological polar surface area (TPSA) is 79.4 Å². The van der Waals surface area contributed by atoms with Gasteiger partial charge in [0.05, 0.1) is 28.3 Å². The van der Waals surface area contributed by atoms with Crippen LogP contribution in [0, 0.1) is 5.82 Å². The van der Waals surface area contributed by atoms with Gasteiger partial charge in [-0.3, -0.25) is 4.79 Å². The van der Waals surface area contributed by atoms with Crippen LogP contribution in [0.1, 0.15) is 15.9 Å². The summed E-state index contributed by atoms with van der Waals surface area (Å²) in [5.74, 6) is -2.03. The maximum absolute atomic E-state index is 14.4. The first kappa shape index (κ1) is 22.0. The van der Waals surface area contributed by atoms with Crippen molar-refractivity contribution in [2.24, 2.45) is 0 Å². The molecule has 0 radical (unpaired) electrons. The van der Waals surface area contributed by atoms with Crippen molar-refractivity contribution in [1.29, 1.82) is 0 Å². The van der Waals surface area contributed by atoms with Gasteiger partial charge in [0.15, 0.2) is 15.7 Å². The molecule has 0 spiro atoms. The monoisotopic (exact) mass is 467 g/mol. The van der Waals surface area contributed by atoms with Crippen LogP contribution < -0.4 is 5.32 Å². The van der Waals surface area contributed by atoms with E-state index in [4.69, 9.17) is 0 Å². The first-order valence-electron chi connectivity index (χ1n) is 9.57. The van der Waals surface area contributed by atoms with E-state index in [0.29, 0.717) is 16.8 Å². The number of carbonyl (C=O) groups excluding carboxylic acids is 1. The molecule has 0 atom stereocenters. The molecule has 4 rings (SSSR count). The Bertz CT molecular complexity index is 1300. The molecule has 0 bridgehead atoms. The Balaban J connectivity index is 1.70. The van der Waals surface area contributed by atoms with Crippen molar-refractivity contribution in [2.45, 2.75) is 6.18 Å². The lowest BCUT2D eigenvalue weighted by molar-refractivity contribution is -0.139. The van der Waals surface area contributed by atoms with Crippen molar-refractivity contribution in [3.63, 3.8) is 0 Å². The first-order chi connectivity index (χ1) is 15.1. The fourth-order valence-corrected chi connectivity index (χ4v) is 4.72. The van der Waals surface area contributed by atoms with E-state index in [2.05, 4.69) is 10.3 Å². The number of hydrogen-bond donors (Lipinski definition) is 1. The SMILES string of the molecule is O=C(c1cnc(Nc2cccc(C(F)(F)F)c2F)c2ccccc12)N1CCS(=O)(=O)CC1. The lowest BCUT2D eigenvalue weighted by Gasteiger charge is -2.27. The minimum absolute atomic E-state index is 0.0605. The van der Waals surface area contributed by atoms with Crippen LogP contribution in [0.3, 0.4) is 0 Å². The molecule has 1 aliphatic heterocycles. The molecule has 1 saturated heterocycles. The van der Waals surface area contributed by atoms with E-state index in [0.717, 1.165) is 12.1 Å². The van der Waals surface area contributed by atoms with Crippen LogP contribution in [-0.4, -0.2) is 48.8 Å². The average molecular weight is 467 g/mol. The van der Waals surface area contributed by atoms with Crippen molar-refractivity contribution in [3.8, 4) is 0 Å². The van der Waals surface area contributed by atoms with Gasteiger partial charge in [-0.25, -0.2) is 17.8 Å². The Hall–Kier alpha value is -3.21. The summed E-state index contributed by atoms with van der Waals surface area (Å²) in [5, 5.41) is 3.45. The minimum Gasteiger partial charge on any atom is -0.337 e. The summed E-state index contributed by atoms with van der Waals surface area (Å²) in [6, 6.07) is 9.46. The number of amides is 1. The summed E-state index contributed by atoms with van der Waals surface area (Å²) in [4.78, 5) is 18.6. The molecular formula is C21H17F4N3O3S. The summed E-state index contributed by atoms with van der Waals surface area (Å²) in [6.07, 6.45) is -3.60. The smallest absolute Gasteiger partial charge is 0.337 e. The Kier molecular flexibility index (Phi) is 5.53. The van der Waals surface area contributed by atoms with Crippen LogP contribution in [0.2, 0.25) is 0 Å². The van der Waals surface area contributed by atoms with Crippen molar-refractivity contribution in [1.82, 2.24) is 9.88 Å². The number of pyridine rings is 1. The molecule has 1 fully saturated rings. The van der Waals surface area contributed by atoms with Crippen LogP contribution in [0.25, 0.3) is 10.8 Å². The molecule has 1 amide bonds. The van der Waals surface area contributed by atoms with Crippen molar-refractivity contribution < 1.29 is 30.8 Å². The highest BCUT2D eigenvalue weighted by Crippen LogP contribution is 2.35. The van der Waals surface area contributed by atoms with Crippen LogP contribution in [0.15, 0.2) is 48.7 Å². The number of fused-ring (bicyclic) bond motifs is 1. The molecule has 1 N–H and O–H groups in total. The number of carbonyl (C=O) groups is 1. The maximum Gasteiger partial charge on any atom is 0.419 e. The van der Waals surface area contributed by atoms with Crippen molar-refractivity contribution >= 4 is 38.0 Å². The Morgan fingerprint density at radius 2 is 1.66 bits per heavy atom. The summed E-state index contributed by atoms with van der Waals surface area (Å²) < 4.78 is 76.8. The van der Waals surface area contributed by atoms with E-state index in [-0.39, 0.29) is 36.0 Å². The zero-order chi connectivity index (χ0) is 23.1. The maximum atomic E-state index is 14.4. The summed E-state index contributed by atoms with van der Waals surface area (Å²) in [7, 11) is -3.17. The Labute approximate surface area is 180 Å². The molecule has 0 unspecified atom stereocenters. The average Bonchev–Trinajstić information content (AvgIpc) is 2.74. The second kappa shape index (κ2) is 8.05. The number of nitrogens with zero attached hydrogens (tertiary/aromatic N) is 2. The molecule has 6 nitrogen and oxygen atoms in total. The van der Waals surface area contributed by atoms with Gasteiger partial charge in [-0.15, -0.1) is 0 Å². The van der Waals surface area contributed by atoms with Crippen LogP contribution in [0.5, 0.6) is 0 Å². The van der Waals surface area contributed by atoms with Gasteiger partial charge in [0.25, 0.3) is 5.91 Å².